The number of halogens is 2. The highest BCUT2D eigenvalue weighted by Gasteiger charge is 1.99. The molecule has 0 saturated carbocycles. The second-order valence-corrected chi connectivity index (χ2v) is 3.17. The maximum absolute atomic E-state index is 7.95. The lowest BCUT2D eigenvalue weighted by atomic mass is 10.4. The largest absolute Gasteiger partial charge is 1.00 e. The van der Waals surface area contributed by atoms with Crippen LogP contribution in [-0.2, 0) is 13.1 Å². The highest BCUT2D eigenvalue weighted by molar-refractivity contribution is 4.84. The summed E-state index contributed by atoms with van der Waals surface area (Å²) in [5.41, 5.74) is 0. The van der Waals surface area contributed by atoms with Crippen molar-refractivity contribution in [2.45, 2.75) is 13.1 Å². The minimum Gasteiger partial charge on any atom is -1.00 e. The van der Waals surface area contributed by atoms with Crippen molar-refractivity contribution in [1.29, 1.82) is 0 Å². The first kappa shape index (κ1) is 6.53. The molecule has 0 aliphatic rings. The van der Waals surface area contributed by atoms with Crippen LogP contribution in [0.4, 0.5) is 0 Å². The van der Waals surface area contributed by atoms with Crippen LogP contribution in [0.3, 0.4) is 0 Å². The number of aromatic nitrogens is 2. The number of hydrogen-bond donors (Lipinski definition) is 1. The van der Waals surface area contributed by atoms with Crippen LogP contribution >= 0.6 is 0 Å². The maximum Gasteiger partial charge on any atom is 0.168 e. The van der Waals surface area contributed by atoms with E-state index in [1.807, 2.05) is 0 Å². The van der Waals surface area contributed by atoms with Gasteiger partial charge in [-0.2, -0.15) is 0 Å². The van der Waals surface area contributed by atoms with Gasteiger partial charge in [0.2, 0.25) is 0 Å². The molecule has 0 aromatic carbocycles. The molecular formula is C14H19Cl2N3. The smallest absolute Gasteiger partial charge is 0.168 e. The number of pyridine rings is 2. The molecular weight excluding hydrogens is 281 g/mol. The van der Waals surface area contributed by atoms with Crippen molar-refractivity contribution in [1.82, 2.24) is 5.31 Å². The Bertz CT molecular complexity index is 797. The van der Waals surface area contributed by atoms with E-state index in [-0.39, 0.29) is 75.7 Å². The fraction of sp³-hybridized carbons (Fsp3) is 0.286. The standard InChI is InChI=1S/C14H19N3.2ClH/c1-3-9-16(10-4-1)13-7-15-8-14-17-11-5-2-6-12-17;;/h1-6,9-12,15H,7-8,13-14H2;2*1H/q+2;;/p-2/i1D,2D,3D,4D,5D,6D,9D,10D,11D,12D;;/hD. The van der Waals surface area contributed by atoms with Crippen molar-refractivity contribution in [3.63, 3.8) is 0 Å². The summed E-state index contributed by atoms with van der Waals surface area (Å²) < 4.78 is 87.1. The Labute approximate surface area is 142 Å². The minimum absolute atomic E-state index is 0. The molecule has 5 heteroatoms. The van der Waals surface area contributed by atoms with E-state index in [1.54, 1.807) is 0 Å². The Balaban J connectivity index is 0.00000420. The molecule has 0 spiro atoms. The van der Waals surface area contributed by atoms with Gasteiger partial charge >= 0.3 is 0 Å². The zero-order valence-corrected chi connectivity index (χ0v) is 11.4. The highest BCUT2D eigenvalue weighted by atomic mass is 35.5. The van der Waals surface area contributed by atoms with E-state index >= 15 is 0 Å². The first-order chi connectivity index (χ1) is 13.0. The van der Waals surface area contributed by atoms with Gasteiger partial charge in [0.15, 0.2) is 37.8 Å². The molecule has 0 aliphatic heterocycles. The molecule has 2 aromatic heterocycles. The van der Waals surface area contributed by atoms with Crippen LogP contribution in [0.5, 0.6) is 0 Å². The van der Waals surface area contributed by atoms with Crippen molar-refractivity contribution in [3.05, 3.63) is 60.9 Å². The quantitative estimate of drug-likeness (QED) is 0.528. The van der Waals surface area contributed by atoms with Gasteiger partial charge in [-0.25, -0.2) is 9.13 Å². The van der Waals surface area contributed by atoms with Crippen molar-refractivity contribution in [3.8, 4) is 0 Å². The van der Waals surface area contributed by atoms with Gasteiger partial charge in [0, 0.05) is 24.2 Å². The summed E-state index contributed by atoms with van der Waals surface area (Å²) >= 11 is 0. The summed E-state index contributed by atoms with van der Waals surface area (Å²) in [6, 6.07) is -2.85. The summed E-state index contributed by atoms with van der Waals surface area (Å²) in [7, 11) is 0. The topological polar surface area (TPSA) is 19.8 Å². The van der Waals surface area contributed by atoms with Gasteiger partial charge in [-0.05, 0) is 0 Å². The Morgan fingerprint density at radius 1 is 0.737 bits per heavy atom. The van der Waals surface area contributed by atoms with E-state index in [2.05, 4.69) is 0 Å². The van der Waals surface area contributed by atoms with Gasteiger partial charge in [-0.3, -0.25) is 0 Å². The van der Waals surface area contributed by atoms with Gasteiger partial charge in [0.25, 0.3) is 0 Å². The molecule has 0 radical (unpaired) electrons. The van der Waals surface area contributed by atoms with Gasteiger partial charge in [0.05, 0.1) is 21.3 Å². The number of hydrogen-bond acceptors (Lipinski definition) is 1. The van der Waals surface area contributed by atoms with Crippen molar-refractivity contribution in [2.24, 2.45) is 0 Å². The average Bonchev–Trinajstić information content (AvgIpc) is 2.67. The zero-order valence-electron chi connectivity index (χ0n) is 20.9. The second-order valence-electron chi connectivity index (χ2n) is 3.17. The molecule has 2 rings (SSSR count). The van der Waals surface area contributed by atoms with Crippen molar-refractivity contribution < 1.29 is 49.1 Å². The van der Waals surface area contributed by atoms with Gasteiger partial charge in [0.1, 0.15) is 6.89 Å². The molecule has 2 heterocycles. The maximum atomic E-state index is 7.95. The van der Waals surface area contributed by atoms with Gasteiger partial charge in [-0.15, -0.1) is 0 Å². The molecule has 0 amide bonds. The molecule has 0 aliphatic carbocycles. The van der Waals surface area contributed by atoms with E-state index < -0.39 is 36.3 Å². The van der Waals surface area contributed by atoms with Crippen molar-refractivity contribution >= 4 is 0 Å². The third-order valence-electron chi connectivity index (χ3n) is 1.98. The molecule has 0 saturated heterocycles. The normalized spacial score (nSPS) is 17.6. The van der Waals surface area contributed by atoms with Crippen LogP contribution in [0.1, 0.15) is 13.7 Å². The lowest BCUT2D eigenvalue weighted by Gasteiger charge is -2.00. The summed E-state index contributed by atoms with van der Waals surface area (Å²) in [6.45, 7) is -0.0511. The first-order valence-corrected chi connectivity index (χ1v) is 5.16. The zero-order chi connectivity index (χ0) is 21.3. The summed E-state index contributed by atoms with van der Waals surface area (Å²) in [6.07, 6.45) is -1.56. The Hall–Kier alpha value is -1.16. The number of nitrogens with zero attached hydrogens (tertiary/aromatic N) is 2. The van der Waals surface area contributed by atoms with E-state index in [0.717, 1.165) is 14.4 Å². The van der Waals surface area contributed by atoms with Crippen LogP contribution in [0.2, 0.25) is 1.41 Å². The predicted molar refractivity (Wildman–Crippen MR) is 66.1 cm³/mol. The number of rotatable bonds is 6. The predicted octanol–water partition coefficient (Wildman–Crippen LogP) is -5.44. The second kappa shape index (κ2) is 10.7. The van der Waals surface area contributed by atoms with Crippen LogP contribution in [0.15, 0.2) is 60.9 Å². The number of nitrogens with one attached hydrogen (secondary N) is 1. The summed E-state index contributed by atoms with van der Waals surface area (Å²) in [4.78, 5) is 0. The van der Waals surface area contributed by atoms with Gasteiger partial charge < -0.3 is 30.1 Å². The van der Waals surface area contributed by atoms with Crippen LogP contribution < -0.4 is 39.3 Å². The third kappa shape index (κ3) is 7.11. The molecule has 0 atom stereocenters. The fourth-order valence-electron chi connectivity index (χ4n) is 1.18. The lowest BCUT2D eigenvalue weighted by molar-refractivity contribution is -0.698. The molecule has 0 bridgehead atoms. The summed E-state index contributed by atoms with van der Waals surface area (Å²) in [5, 5.41) is 1.04. The minimum atomic E-state index is -0.494. The Kier molecular flexibility index (Phi) is 3.69. The molecule has 1 N–H and O–H groups in total. The summed E-state index contributed by atoms with van der Waals surface area (Å²) in [5.74, 6) is 0. The first-order valence-electron chi connectivity index (χ1n) is 10.6. The monoisotopic (exact) mass is 310 g/mol. The average molecular weight is 311 g/mol. The van der Waals surface area contributed by atoms with E-state index in [4.69, 9.17) is 15.1 Å². The van der Waals surface area contributed by atoms with Crippen LogP contribution in [0.25, 0.3) is 0 Å². The van der Waals surface area contributed by atoms with Crippen LogP contribution in [0, 0.1) is 0 Å². The molecule has 104 valence electrons. The SMILES string of the molecule is [2H]c1c([2H])c([2H])[n+](CCN([2H])CC[n+]2c([2H])c([2H])c([2H])c([2H])c2[2H])c([2H])c1[2H].[Cl-].[Cl-]. The molecule has 2 aromatic rings. The molecule has 3 nitrogen and oxygen atoms in total. The molecule has 19 heavy (non-hydrogen) atoms. The van der Waals surface area contributed by atoms with E-state index in [0.29, 0.717) is 0 Å². The highest BCUT2D eigenvalue weighted by Crippen LogP contribution is 1.77. The fourth-order valence-corrected chi connectivity index (χ4v) is 1.18. The Morgan fingerprint density at radius 2 is 1.11 bits per heavy atom. The van der Waals surface area contributed by atoms with Crippen LogP contribution in [-0.4, -0.2) is 13.1 Å². The van der Waals surface area contributed by atoms with E-state index in [1.165, 1.54) is 0 Å². The Morgan fingerprint density at radius 3 is 1.47 bits per heavy atom. The molecule has 0 unspecified atom stereocenters. The third-order valence-corrected chi connectivity index (χ3v) is 1.98. The van der Waals surface area contributed by atoms with Gasteiger partial charge in [-0.1, -0.05) is 12.1 Å². The van der Waals surface area contributed by atoms with E-state index in [9.17, 15) is 0 Å². The molecule has 0 fully saturated rings. The lowest BCUT2D eigenvalue weighted by Crippen LogP contribution is -3.00. The van der Waals surface area contributed by atoms with Crippen molar-refractivity contribution in [2.75, 3.05) is 13.1 Å².